The Morgan fingerprint density at radius 2 is 2.05 bits per heavy atom. The third kappa shape index (κ3) is 2.24. The Kier molecular flexibility index (Phi) is 2.83. The van der Waals surface area contributed by atoms with Crippen molar-refractivity contribution in [3.8, 4) is 0 Å². The fourth-order valence-electron chi connectivity index (χ4n) is 2.46. The Balaban J connectivity index is 1.46. The maximum Gasteiger partial charge on any atom is 0.244 e. The lowest BCUT2D eigenvalue weighted by Crippen LogP contribution is -2.50. The van der Waals surface area contributed by atoms with Crippen LogP contribution >= 0.6 is 0 Å². The average molecular weight is 305 g/mol. The maximum atomic E-state index is 12.4. The van der Waals surface area contributed by atoms with Gasteiger partial charge in [0.05, 0.1) is 11.7 Å². The zero-order valence-electron chi connectivity index (χ0n) is 11.3. The predicted octanol–water partition coefficient (Wildman–Crippen LogP) is 0.796. The lowest BCUT2D eigenvalue weighted by molar-refractivity contribution is 0.189. The van der Waals surface area contributed by atoms with Gasteiger partial charge in [-0.3, -0.25) is 4.98 Å². The quantitative estimate of drug-likeness (QED) is 0.834. The molecule has 2 aromatic rings. The number of nitrogens with zero attached hydrogens (tertiary/aromatic N) is 5. The summed E-state index contributed by atoms with van der Waals surface area (Å²) in [6.07, 6.45) is 7.27. The molecule has 3 heterocycles. The summed E-state index contributed by atoms with van der Waals surface area (Å²) in [5.41, 5.74) is 1.03. The number of hydrogen-bond donors (Lipinski definition) is 0. The monoisotopic (exact) mass is 305 g/mol. The van der Waals surface area contributed by atoms with Crippen LogP contribution in [-0.2, 0) is 10.0 Å². The minimum Gasteiger partial charge on any atom is -0.263 e. The first kappa shape index (κ1) is 12.9. The molecule has 1 aliphatic carbocycles. The topological polar surface area (TPSA) is 81.0 Å². The number of aromatic nitrogens is 4. The van der Waals surface area contributed by atoms with E-state index in [1.54, 1.807) is 23.0 Å². The highest BCUT2D eigenvalue weighted by Gasteiger charge is 2.39. The summed E-state index contributed by atoms with van der Waals surface area (Å²) in [5, 5.41) is 8.28. The molecule has 2 aromatic heterocycles. The molecule has 110 valence electrons. The molecular formula is C13H15N5O2S. The lowest BCUT2D eigenvalue weighted by atomic mass is 10.2. The first-order valence-corrected chi connectivity index (χ1v) is 8.40. The summed E-state index contributed by atoms with van der Waals surface area (Å²) in [6.45, 7) is 0.870. The van der Waals surface area contributed by atoms with Crippen LogP contribution in [0.3, 0.4) is 0 Å². The van der Waals surface area contributed by atoms with E-state index in [0.29, 0.717) is 19.0 Å². The van der Waals surface area contributed by atoms with Crippen molar-refractivity contribution in [3.63, 3.8) is 0 Å². The zero-order valence-corrected chi connectivity index (χ0v) is 12.1. The summed E-state index contributed by atoms with van der Waals surface area (Å²) >= 11 is 0. The predicted molar refractivity (Wildman–Crippen MR) is 74.0 cm³/mol. The van der Waals surface area contributed by atoms with Crippen molar-refractivity contribution in [2.75, 3.05) is 13.1 Å². The van der Waals surface area contributed by atoms with E-state index in [-0.39, 0.29) is 10.9 Å². The molecule has 0 radical (unpaired) electrons. The highest BCUT2D eigenvalue weighted by molar-refractivity contribution is 7.89. The van der Waals surface area contributed by atoms with Gasteiger partial charge in [-0.05, 0) is 25.0 Å². The molecule has 8 heteroatoms. The van der Waals surface area contributed by atoms with Gasteiger partial charge in [0.1, 0.15) is 4.90 Å². The van der Waals surface area contributed by atoms with E-state index >= 15 is 0 Å². The standard InChI is InChI=1S/C13H15N5O2S/c19-21(20,12-2-1-5-14-6-12)17-7-11(8-17)18-9-13(15-16-18)10-3-4-10/h1-2,5-6,9-11H,3-4,7-8H2. The van der Waals surface area contributed by atoms with Crippen molar-refractivity contribution in [2.45, 2.75) is 29.7 Å². The van der Waals surface area contributed by atoms with E-state index in [4.69, 9.17) is 0 Å². The van der Waals surface area contributed by atoms with Gasteiger partial charge in [-0.25, -0.2) is 13.1 Å². The van der Waals surface area contributed by atoms with Crippen molar-refractivity contribution in [2.24, 2.45) is 0 Å². The van der Waals surface area contributed by atoms with Gasteiger partial charge in [0.2, 0.25) is 10.0 Å². The Morgan fingerprint density at radius 3 is 2.71 bits per heavy atom. The largest absolute Gasteiger partial charge is 0.263 e. The van der Waals surface area contributed by atoms with Crippen molar-refractivity contribution in [1.29, 1.82) is 0 Å². The Morgan fingerprint density at radius 1 is 1.24 bits per heavy atom. The van der Waals surface area contributed by atoms with E-state index < -0.39 is 10.0 Å². The third-order valence-electron chi connectivity index (χ3n) is 4.00. The summed E-state index contributed by atoms with van der Waals surface area (Å²) < 4.78 is 28.0. The maximum absolute atomic E-state index is 12.4. The molecule has 2 fully saturated rings. The molecule has 1 saturated carbocycles. The normalized spacial score (nSPS) is 20.4. The van der Waals surface area contributed by atoms with E-state index in [1.165, 1.54) is 23.3 Å². The van der Waals surface area contributed by atoms with E-state index in [9.17, 15) is 8.42 Å². The van der Waals surface area contributed by atoms with Crippen LogP contribution < -0.4 is 0 Å². The fourth-order valence-corrected chi connectivity index (χ4v) is 3.94. The Labute approximate surface area is 122 Å². The molecule has 0 unspecified atom stereocenters. The van der Waals surface area contributed by atoms with Crippen molar-refractivity contribution in [3.05, 3.63) is 36.4 Å². The lowest BCUT2D eigenvalue weighted by Gasteiger charge is -2.37. The van der Waals surface area contributed by atoms with Crippen LogP contribution in [0.25, 0.3) is 0 Å². The second-order valence-electron chi connectivity index (χ2n) is 5.56. The highest BCUT2D eigenvalue weighted by Crippen LogP contribution is 2.39. The van der Waals surface area contributed by atoms with Gasteiger partial charge in [0.25, 0.3) is 0 Å². The van der Waals surface area contributed by atoms with E-state index in [0.717, 1.165) is 5.69 Å². The number of hydrogen-bond acceptors (Lipinski definition) is 5. The first-order valence-electron chi connectivity index (χ1n) is 6.96. The van der Waals surface area contributed by atoms with Crippen LogP contribution in [-0.4, -0.2) is 45.8 Å². The third-order valence-corrected chi connectivity index (χ3v) is 5.81. The summed E-state index contributed by atoms with van der Waals surface area (Å²) in [5.74, 6) is 0.564. The number of sulfonamides is 1. The minimum atomic E-state index is -3.43. The van der Waals surface area contributed by atoms with Crippen molar-refractivity contribution >= 4 is 10.0 Å². The van der Waals surface area contributed by atoms with Gasteiger partial charge in [0, 0.05) is 37.6 Å². The molecule has 7 nitrogen and oxygen atoms in total. The van der Waals surface area contributed by atoms with Crippen LogP contribution in [0.2, 0.25) is 0 Å². The van der Waals surface area contributed by atoms with Gasteiger partial charge in [-0.15, -0.1) is 5.10 Å². The average Bonchev–Trinajstić information content (AvgIpc) is 3.18. The molecule has 21 heavy (non-hydrogen) atoms. The molecule has 2 aliphatic rings. The van der Waals surface area contributed by atoms with Gasteiger partial charge in [-0.2, -0.15) is 4.31 Å². The second kappa shape index (κ2) is 4.60. The van der Waals surface area contributed by atoms with Gasteiger partial charge >= 0.3 is 0 Å². The van der Waals surface area contributed by atoms with E-state index in [1.807, 2.05) is 6.20 Å². The van der Waals surface area contributed by atoms with Gasteiger partial charge in [-0.1, -0.05) is 5.21 Å². The smallest absolute Gasteiger partial charge is 0.244 e. The summed E-state index contributed by atoms with van der Waals surface area (Å²) in [6, 6.07) is 3.27. The Bertz CT molecular complexity index is 748. The van der Waals surface area contributed by atoms with Crippen molar-refractivity contribution in [1.82, 2.24) is 24.3 Å². The molecular weight excluding hydrogens is 290 g/mol. The Hall–Kier alpha value is -1.80. The second-order valence-corrected chi connectivity index (χ2v) is 7.50. The SMILES string of the molecule is O=S(=O)(c1cccnc1)N1CC(n2cc(C3CC3)nn2)C1. The molecule has 0 spiro atoms. The van der Waals surface area contributed by atoms with Crippen LogP contribution in [0.1, 0.15) is 30.5 Å². The zero-order chi connectivity index (χ0) is 14.4. The first-order chi connectivity index (χ1) is 10.1. The van der Waals surface area contributed by atoms with Gasteiger partial charge in [0.15, 0.2) is 0 Å². The molecule has 1 aliphatic heterocycles. The molecule has 0 aromatic carbocycles. The van der Waals surface area contributed by atoms with Crippen molar-refractivity contribution < 1.29 is 8.42 Å². The summed E-state index contributed by atoms with van der Waals surface area (Å²) in [4.78, 5) is 4.10. The molecule has 0 amide bonds. The summed E-state index contributed by atoms with van der Waals surface area (Å²) in [7, 11) is -3.43. The molecule has 0 bridgehead atoms. The highest BCUT2D eigenvalue weighted by atomic mass is 32.2. The molecule has 0 N–H and O–H groups in total. The van der Waals surface area contributed by atoms with Crippen LogP contribution in [0.15, 0.2) is 35.6 Å². The molecule has 1 saturated heterocycles. The number of pyridine rings is 1. The van der Waals surface area contributed by atoms with Crippen LogP contribution in [0, 0.1) is 0 Å². The fraction of sp³-hybridized carbons (Fsp3) is 0.462. The van der Waals surface area contributed by atoms with Gasteiger partial charge < -0.3 is 0 Å². The van der Waals surface area contributed by atoms with E-state index in [2.05, 4.69) is 15.3 Å². The van der Waals surface area contributed by atoms with Crippen LogP contribution in [0.4, 0.5) is 0 Å². The van der Waals surface area contributed by atoms with Crippen LogP contribution in [0.5, 0.6) is 0 Å². The molecule has 0 atom stereocenters. The molecule has 4 rings (SSSR count). The number of rotatable bonds is 4. The minimum absolute atomic E-state index is 0.0800.